The molecule has 0 aliphatic heterocycles. The predicted molar refractivity (Wildman–Crippen MR) is 69.0 cm³/mol. The molecule has 1 nitrogen and oxygen atoms in total. The van der Waals surface area contributed by atoms with E-state index in [2.05, 4.69) is 0 Å². The minimum atomic E-state index is 0.532. The first-order chi connectivity index (χ1) is 7.16. The van der Waals surface area contributed by atoms with Crippen LogP contribution in [-0.4, -0.2) is 5.25 Å². The highest BCUT2D eigenvalue weighted by Crippen LogP contribution is 2.40. The van der Waals surface area contributed by atoms with Crippen LogP contribution in [0.25, 0.3) is 0 Å². The normalized spacial score (nSPS) is 17.2. The van der Waals surface area contributed by atoms with E-state index >= 15 is 0 Å². The second-order valence-electron chi connectivity index (χ2n) is 3.83. The fraction of sp³-hybridized carbons (Fsp3) is 0.455. The van der Waals surface area contributed by atoms with Crippen LogP contribution >= 0.6 is 35.0 Å². The van der Waals surface area contributed by atoms with E-state index in [1.165, 1.54) is 25.7 Å². The number of anilines is 1. The van der Waals surface area contributed by atoms with E-state index in [0.29, 0.717) is 15.3 Å². The van der Waals surface area contributed by atoms with Crippen LogP contribution in [0.5, 0.6) is 0 Å². The van der Waals surface area contributed by atoms with Crippen molar-refractivity contribution in [1.82, 2.24) is 0 Å². The summed E-state index contributed by atoms with van der Waals surface area (Å²) < 4.78 is 0. The van der Waals surface area contributed by atoms with Gasteiger partial charge in [0, 0.05) is 15.8 Å². The van der Waals surface area contributed by atoms with Crippen molar-refractivity contribution < 1.29 is 0 Å². The Hall–Kier alpha value is -0.0500. The van der Waals surface area contributed by atoms with Crippen LogP contribution in [0.3, 0.4) is 0 Å². The number of halogens is 2. The van der Waals surface area contributed by atoms with Crippen LogP contribution in [0.1, 0.15) is 25.7 Å². The van der Waals surface area contributed by atoms with Crippen molar-refractivity contribution in [3.8, 4) is 0 Å². The Bertz CT molecular complexity index is 362. The zero-order chi connectivity index (χ0) is 10.8. The number of hydrogen-bond donors (Lipinski definition) is 1. The second kappa shape index (κ2) is 4.86. The summed E-state index contributed by atoms with van der Waals surface area (Å²) in [6.45, 7) is 0. The van der Waals surface area contributed by atoms with Gasteiger partial charge in [0.15, 0.2) is 0 Å². The van der Waals surface area contributed by atoms with Gasteiger partial charge in [0.2, 0.25) is 0 Å². The molecule has 1 aromatic carbocycles. The molecule has 0 amide bonds. The van der Waals surface area contributed by atoms with Crippen molar-refractivity contribution in [1.29, 1.82) is 0 Å². The van der Waals surface area contributed by atoms with Gasteiger partial charge in [-0.25, -0.2) is 0 Å². The molecule has 2 N–H and O–H groups in total. The lowest BCUT2D eigenvalue weighted by Gasteiger charge is -2.11. The quantitative estimate of drug-likeness (QED) is 0.787. The van der Waals surface area contributed by atoms with Gasteiger partial charge in [-0.1, -0.05) is 36.0 Å². The maximum absolute atomic E-state index is 5.97. The van der Waals surface area contributed by atoms with E-state index in [1.54, 1.807) is 6.07 Å². The SMILES string of the molecule is Nc1cc(Cl)c(Cl)cc1SC1CCCC1. The molecule has 0 unspecified atom stereocenters. The Morgan fingerprint density at radius 1 is 1.13 bits per heavy atom. The molecule has 0 atom stereocenters. The first-order valence-corrected chi connectivity index (χ1v) is 6.71. The predicted octanol–water partition coefficient (Wildman–Crippen LogP) is 4.61. The van der Waals surface area contributed by atoms with Crippen molar-refractivity contribution in [2.24, 2.45) is 0 Å². The fourth-order valence-electron chi connectivity index (χ4n) is 1.83. The van der Waals surface area contributed by atoms with Crippen molar-refractivity contribution in [3.63, 3.8) is 0 Å². The Kier molecular flexibility index (Phi) is 3.70. The summed E-state index contributed by atoms with van der Waals surface area (Å²) in [6, 6.07) is 3.61. The Morgan fingerprint density at radius 2 is 1.73 bits per heavy atom. The third-order valence-corrected chi connectivity index (χ3v) is 4.78. The summed E-state index contributed by atoms with van der Waals surface area (Å²) in [7, 11) is 0. The lowest BCUT2D eigenvalue weighted by atomic mass is 10.3. The van der Waals surface area contributed by atoms with Crippen LogP contribution in [0.15, 0.2) is 17.0 Å². The van der Waals surface area contributed by atoms with Crippen molar-refractivity contribution in [2.45, 2.75) is 35.8 Å². The minimum Gasteiger partial charge on any atom is -0.398 e. The lowest BCUT2D eigenvalue weighted by Crippen LogP contribution is -1.96. The first-order valence-electron chi connectivity index (χ1n) is 5.08. The van der Waals surface area contributed by atoms with E-state index in [1.807, 2.05) is 17.8 Å². The van der Waals surface area contributed by atoms with Crippen LogP contribution in [-0.2, 0) is 0 Å². The summed E-state index contributed by atoms with van der Waals surface area (Å²) in [4.78, 5) is 1.07. The number of nitrogens with two attached hydrogens (primary N) is 1. The molecule has 0 radical (unpaired) electrons. The molecule has 1 aliphatic rings. The van der Waals surface area contributed by atoms with Gasteiger partial charge in [-0.15, -0.1) is 11.8 Å². The van der Waals surface area contributed by atoms with E-state index < -0.39 is 0 Å². The molecule has 82 valence electrons. The maximum Gasteiger partial charge on any atom is 0.0613 e. The molecule has 1 aromatic rings. The number of rotatable bonds is 2. The van der Waals surface area contributed by atoms with E-state index in [0.717, 1.165) is 10.6 Å². The molecule has 0 aromatic heterocycles. The summed E-state index contributed by atoms with van der Waals surface area (Å²) in [5.41, 5.74) is 6.64. The van der Waals surface area contributed by atoms with Gasteiger partial charge < -0.3 is 5.73 Å². The highest BCUT2D eigenvalue weighted by Gasteiger charge is 2.17. The molecule has 1 saturated carbocycles. The molecule has 0 spiro atoms. The molecule has 2 rings (SSSR count). The first kappa shape index (κ1) is 11.4. The van der Waals surface area contributed by atoms with Gasteiger partial charge in [0.1, 0.15) is 0 Å². The van der Waals surface area contributed by atoms with Gasteiger partial charge in [0.05, 0.1) is 10.0 Å². The fourth-order valence-corrected chi connectivity index (χ4v) is 3.54. The molecule has 1 aliphatic carbocycles. The second-order valence-corrected chi connectivity index (χ2v) is 5.99. The molecule has 0 heterocycles. The van der Waals surface area contributed by atoms with Gasteiger partial charge in [-0.05, 0) is 25.0 Å². The Balaban J connectivity index is 2.16. The third kappa shape index (κ3) is 2.74. The maximum atomic E-state index is 5.97. The van der Waals surface area contributed by atoms with E-state index in [4.69, 9.17) is 28.9 Å². The minimum absolute atomic E-state index is 0.532. The van der Waals surface area contributed by atoms with Gasteiger partial charge in [0.25, 0.3) is 0 Å². The standard InChI is InChI=1S/C11H13Cl2NS/c12-8-5-10(14)11(6-9(8)13)15-7-3-1-2-4-7/h5-7H,1-4,14H2. The summed E-state index contributed by atoms with van der Waals surface area (Å²) in [5, 5.41) is 1.82. The highest BCUT2D eigenvalue weighted by atomic mass is 35.5. The zero-order valence-electron chi connectivity index (χ0n) is 8.30. The number of benzene rings is 1. The average Bonchev–Trinajstić information content (AvgIpc) is 2.67. The van der Waals surface area contributed by atoms with Crippen LogP contribution in [0.4, 0.5) is 5.69 Å². The summed E-state index contributed by atoms with van der Waals surface area (Å²) in [5.74, 6) is 0. The topological polar surface area (TPSA) is 26.0 Å². The lowest BCUT2D eigenvalue weighted by molar-refractivity contribution is 0.886. The number of hydrogen-bond acceptors (Lipinski definition) is 2. The summed E-state index contributed by atoms with van der Waals surface area (Å²) >= 11 is 13.7. The Morgan fingerprint density at radius 3 is 2.40 bits per heavy atom. The third-order valence-electron chi connectivity index (χ3n) is 2.65. The average molecular weight is 262 g/mol. The van der Waals surface area contributed by atoms with E-state index in [-0.39, 0.29) is 0 Å². The molecule has 15 heavy (non-hydrogen) atoms. The number of nitrogen functional groups attached to an aromatic ring is 1. The Labute approximate surface area is 104 Å². The smallest absolute Gasteiger partial charge is 0.0613 e. The molecule has 1 fully saturated rings. The van der Waals surface area contributed by atoms with Crippen LogP contribution < -0.4 is 5.73 Å². The van der Waals surface area contributed by atoms with Crippen LogP contribution in [0, 0.1) is 0 Å². The molecule has 0 bridgehead atoms. The molecular formula is C11H13Cl2NS. The van der Waals surface area contributed by atoms with Crippen LogP contribution in [0.2, 0.25) is 10.0 Å². The molecular weight excluding hydrogens is 249 g/mol. The highest BCUT2D eigenvalue weighted by molar-refractivity contribution is 8.00. The van der Waals surface area contributed by atoms with Gasteiger partial charge >= 0.3 is 0 Å². The monoisotopic (exact) mass is 261 g/mol. The van der Waals surface area contributed by atoms with Crippen molar-refractivity contribution in [3.05, 3.63) is 22.2 Å². The largest absolute Gasteiger partial charge is 0.398 e. The van der Waals surface area contributed by atoms with Gasteiger partial charge in [-0.3, -0.25) is 0 Å². The van der Waals surface area contributed by atoms with Crippen molar-refractivity contribution >= 4 is 40.7 Å². The summed E-state index contributed by atoms with van der Waals surface area (Å²) in [6.07, 6.45) is 5.23. The molecule has 4 heteroatoms. The number of thioether (sulfide) groups is 1. The zero-order valence-corrected chi connectivity index (χ0v) is 10.6. The van der Waals surface area contributed by atoms with Gasteiger partial charge in [-0.2, -0.15) is 0 Å². The molecule has 0 saturated heterocycles. The van der Waals surface area contributed by atoms with E-state index in [9.17, 15) is 0 Å². The van der Waals surface area contributed by atoms with Crippen molar-refractivity contribution in [2.75, 3.05) is 5.73 Å².